The minimum absolute atomic E-state index is 0. The molecule has 4 rings (SSSR count). The maximum absolute atomic E-state index is 12.9. The summed E-state index contributed by atoms with van der Waals surface area (Å²) in [4.78, 5) is 29.2. The third-order valence-corrected chi connectivity index (χ3v) is 6.42. The zero-order chi connectivity index (χ0) is 26.7. The van der Waals surface area contributed by atoms with Gasteiger partial charge in [0.15, 0.2) is 0 Å². The number of pyridine rings is 2. The highest BCUT2D eigenvalue weighted by atomic mass is 35.5. The lowest BCUT2D eigenvalue weighted by Gasteiger charge is -2.20. The van der Waals surface area contributed by atoms with Crippen LogP contribution in [0.3, 0.4) is 0 Å². The predicted octanol–water partition coefficient (Wildman–Crippen LogP) is 5.82. The fourth-order valence-corrected chi connectivity index (χ4v) is 4.30. The van der Waals surface area contributed by atoms with Crippen molar-refractivity contribution < 1.29 is 9.53 Å². The van der Waals surface area contributed by atoms with E-state index >= 15 is 0 Å². The van der Waals surface area contributed by atoms with Gasteiger partial charge in [-0.15, -0.1) is 24.8 Å². The Labute approximate surface area is 248 Å². The molecule has 0 saturated heterocycles. The smallest absolute Gasteiger partial charge is 0.258 e. The summed E-state index contributed by atoms with van der Waals surface area (Å²) in [6, 6.07) is 21.0. The zero-order valence-electron chi connectivity index (χ0n) is 22.9. The molecule has 0 aliphatic carbocycles. The lowest BCUT2D eigenvalue weighted by molar-refractivity contribution is 0.0949. The van der Waals surface area contributed by atoms with Crippen molar-refractivity contribution in [3.05, 3.63) is 107 Å². The number of halogens is 2. The molecule has 9 heteroatoms. The van der Waals surface area contributed by atoms with Crippen LogP contribution in [0.25, 0.3) is 10.8 Å². The third kappa shape index (κ3) is 9.37. The largest absolute Gasteiger partial charge is 0.494 e. The Balaban J connectivity index is 0.00000280. The standard InChI is InChI=1S/C31H36N4O3.2ClH/c1-23(2)22-34-30(36)26-8-10-27(11-9-26)38-21-5-16-33-29(25-12-17-32-18-13-25)15-20-35-19-14-24-6-3-4-7-28(24)31(35)37;;/h3-4,6-14,17-19,23,29,33H,5,15-16,20-22H2,1-2H3,(H,34,36);2*1H. The normalized spacial score (nSPS) is 11.4. The summed E-state index contributed by atoms with van der Waals surface area (Å²) in [6.07, 6.45) is 7.04. The first-order valence-electron chi connectivity index (χ1n) is 13.2. The average Bonchev–Trinajstić information content (AvgIpc) is 2.95. The summed E-state index contributed by atoms with van der Waals surface area (Å²) in [7, 11) is 0. The van der Waals surface area contributed by atoms with Gasteiger partial charge in [-0.1, -0.05) is 32.0 Å². The Morgan fingerprint density at radius 3 is 2.42 bits per heavy atom. The summed E-state index contributed by atoms with van der Waals surface area (Å²) < 4.78 is 7.67. The van der Waals surface area contributed by atoms with Crippen molar-refractivity contribution in [2.45, 2.75) is 39.3 Å². The Bertz CT molecular complexity index is 1380. The second kappa shape index (κ2) is 16.7. The van der Waals surface area contributed by atoms with Gasteiger partial charge in [0, 0.05) is 48.7 Å². The van der Waals surface area contributed by atoms with Gasteiger partial charge in [-0.05, 0) is 84.8 Å². The van der Waals surface area contributed by atoms with Crippen molar-refractivity contribution in [1.82, 2.24) is 20.2 Å². The van der Waals surface area contributed by atoms with Gasteiger partial charge in [0.2, 0.25) is 0 Å². The molecule has 4 aromatic rings. The SMILES string of the molecule is CC(C)CNC(=O)c1ccc(OCCCNC(CCn2ccc3ccccc3c2=O)c2ccncc2)cc1.Cl.Cl. The molecular formula is C31H38Cl2N4O3. The summed E-state index contributed by atoms with van der Waals surface area (Å²) in [6.45, 7) is 6.71. The summed E-state index contributed by atoms with van der Waals surface area (Å²) >= 11 is 0. The van der Waals surface area contributed by atoms with Crippen molar-refractivity contribution in [3.8, 4) is 5.75 Å². The van der Waals surface area contributed by atoms with Crippen LogP contribution in [0.2, 0.25) is 0 Å². The molecule has 0 saturated carbocycles. The van der Waals surface area contributed by atoms with E-state index in [2.05, 4.69) is 29.5 Å². The molecule has 0 spiro atoms. The second-order valence-corrected chi connectivity index (χ2v) is 9.81. The van der Waals surface area contributed by atoms with E-state index in [0.717, 1.165) is 41.5 Å². The van der Waals surface area contributed by atoms with E-state index in [9.17, 15) is 9.59 Å². The maximum Gasteiger partial charge on any atom is 0.258 e. The zero-order valence-corrected chi connectivity index (χ0v) is 24.5. The fraction of sp³-hybridized carbons (Fsp3) is 0.323. The highest BCUT2D eigenvalue weighted by molar-refractivity contribution is 5.94. The average molecular weight is 586 g/mol. The van der Waals surface area contributed by atoms with Crippen LogP contribution in [-0.4, -0.2) is 35.2 Å². The number of amides is 1. The molecule has 7 nitrogen and oxygen atoms in total. The number of nitrogens with one attached hydrogen (secondary N) is 2. The highest BCUT2D eigenvalue weighted by Gasteiger charge is 2.12. The van der Waals surface area contributed by atoms with Crippen LogP contribution in [0.4, 0.5) is 0 Å². The number of rotatable bonds is 13. The van der Waals surface area contributed by atoms with Gasteiger partial charge in [0.05, 0.1) is 6.61 Å². The van der Waals surface area contributed by atoms with E-state index in [4.69, 9.17) is 4.74 Å². The Kier molecular flexibility index (Phi) is 13.7. The van der Waals surface area contributed by atoms with Crippen LogP contribution in [0.5, 0.6) is 5.75 Å². The number of hydrogen-bond acceptors (Lipinski definition) is 5. The third-order valence-electron chi connectivity index (χ3n) is 6.42. The van der Waals surface area contributed by atoms with Gasteiger partial charge in [-0.2, -0.15) is 0 Å². The van der Waals surface area contributed by atoms with Gasteiger partial charge in [0.1, 0.15) is 5.75 Å². The highest BCUT2D eigenvalue weighted by Crippen LogP contribution is 2.18. The van der Waals surface area contributed by atoms with Crippen molar-refractivity contribution in [3.63, 3.8) is 0 Å². The van der Waals surface area contributed by atoms with Crippen LogP contribution in [0, 0.1) is 5.92 Å². The number of carbonyl (C=O) groups is 1. The molecule has 1 amide bonds. The lowest BCUT2D eigenvalue weighted by atomic mass is 10.0. The van der Waals surface area contributed by atoms with Crippen molar-refractivity contribution >= 4 is 41.5 Å². The van der Waals surface area contributed by atoms with Crippen LogP contribution in [0.1, 0.15) is 48.7 Å². The predicted molar refractivity (Wildman–Crippen MR) is 166 cm³/mol. The molecule has 0 aliphatic heterocycles. The molecule has 0 aliphatic rings. The first-order chi connectivity index (χ1) is 18.5. The molecular weight excluding hydrogens is 547 g/mol. The van der Waals surface area contributed by atoms with E-state index in [1.165, 1.54) is 0 Å². The molecule has 2 N–H and O–H groups in total. The molecule has 214 valence electrons. The molecule has 2 aromatic heterocycles. The number of nitrogens with zero attached hydrogens (tertiary/aromatic N) is 2. The molecule has 1 unspecified atom stereocenters. The number of carbonyl (C=O) groups excluding carboxylic acids is 1. The molecule has 2 aromatic carbocycles. The fourth-order valence-electron chi connectivity index (χ4n) is 4.30. The van der Waals surface area contributed by atoms with Crippen molar-refractivity contribution in [2.24, 2.45) is 5.92 Å². The lowest BCUT2D eigenvalue weighted by Crippen LogP contribution is -2.27. The minimum atomic E-state index is -0.0671. The summed E-state index contributed by atoms with van der Waals surface area (Å²) in [5.41, 5.74) is 1.81. The van der Waals surface area contributed by atoms with E-state index in [1.54, 1.807) is 29.1 Å². The maximum atomic E-state index is 12.9. The van der Waals surface area contributed by atoms with Gasteiger partial charge in [-0.3, -0.25) is 14.6 Å². The monoisotopic (exact) mass is 584 g/mol. The molecule has 0 fully saturated rings. The van der Waals surface area contributed by atoms with E-state index in [-0.39, 0.29) is 42.3 Å². The van der Waals surface area contributed by atoms with Crippen molar-refractivity contribution in [1.29, 1.82) is 0 Å². The Morgan fingerprint density at radius 2 is 1.70 bits per heavy atom. The first-order valence-corrected chi connectivity index (χ1v) is 13.2. The molecule has 0 bridgehead atoms. The topological polar surface area (TPSA) is 85.2 Å². The summed E-state index contributed by atoms with van der Waals surface area (Å²) in [5.74, 6) is 1.09. The minimum Gasteiger partial charge on any atom is -0.494 e. The van der Waals surface area contributed by atoms with Crippen LogP contribution in [0.15, 0.2) is 90.1 Å². The second-order valence-electron chi connectivity index (χ2n) is 9.81. The first kappa shape index (κ1) is 32.8. The molecule has 1 atom stereocenters. The number of aromatic nitrogens is 2. The van der Waals surface area contributed by atoms with E-state index < -0.39 is 0 Å². The number of fused-ring (bicyclic) bond motifs is 1. The van der Waals surface area contributed by atoms with Crippen LogP contribution >= 0.6 is 24.8 Å². The Morgan fingerprint density at radius 1 is 0.975 bits per heavy atom. The van der Waals surface area contributed by atoms with E-state index in [1.807, 2.05) is 60.8 Å². The van der Waals surface area contributed by atoms with Gasteiger partial charge in [0.25, 0.3) is 11.5 Å². The van der Waals surface area contributed by atoms with Crippen LogP contribution in [-0.2, 0) is 6.54 Å². The van der Waals surface area contributed by atoms with E-state index in [0.29, 0.717) is 31.2 Å². The van der Waals surface area contributed by atoms with Crippen molar-refractivity contribution in [2.75, 3.05) is 19.7 Å². The molecule has 0 radical (unpaired) electrons. The molecule has 2 heterocycles. The summed E-state index contributed by atoms with van der Waals surface area (Å²) in [5, 5.41) is 8.24. The van der Waals surface area contributed by atoms with Gasteiger partial charge >= 0.3 is 0 Å². The van der Waals surface area contributed by atoms with Gasteiger partial charge < -0.3 is 19.9 Å². The number of aryl methyl sites for hydroxylation is 1. The molecule has 40 heavy (non-hydrogen) atoms. The van der Waals surface area contributed by atoms with Crippen LogP contribution < -0.4 is 20.9 Å². The van der Waals surface area contributed by atoms with Gasteiger partial charge in [-0.25, -0.2) is 0 Å². The number of benzene rings is 2. The quantitative estimate of drug-likeness (QED) is 0.193. The Hall–Kier alpha value is -3.39. The number of ether oxygens (including phenoxy) is 1. The number of hydrogen-bond donors (Lipinski definition) is 2.